The highest BCUT2D eigenvalue weighted by atomic mass is 19.1. The lowest BCUT2D eigenvalue weighted by Crippen LogP contribution is -2.49. The molecule has 0 radical (unpaired) electrons. The molecule has 4 unspecified atom stereocenters. The van der Waals surface area contributed by atoms with Crippen LogP contribution < -0.4 is 4.74 Å². The molecular weight excluding hydrogens is 243 g/mol. The van der Waals surface area contributed by atoms with Gasteiger partial charge in [0.25, 0.3) is 0 Å². The molecule has 0 aromatic heterocycles. The van der Waals surface area contributed by atoms with Crippen molar-refractivity contribution >= 4 is 0 Å². The van der Waals surface area contributed by atoms with Gasteiger partial charge in [-0.25, -0.2) is 4.39 Å². The average molecular weight is 264 g/mol. The molecular formula is C16H21FO2. The summed E-state index contributed by atoms with van der Waals surface area (Å²) in [6.45, 7) is 4.48. The molecule has 3 heteroatoms. The van der Waals surface area contributed by atoms with Crippen LogP contribution in [0.25, 0.3) is 0 Å². The predicted molar refractivity (Wildman–Crippen MR) is 71.5 cm³/mol. The van der Waals surface area contributed by atoms with Crippen molar-refractivity contribution in [1.29, 1.82) is 0 Å². The van der Waals surface area contributed by atoms with Crippen molar-refractivity contribution in [3.8, 4) is 5.75 Å². The van der Waals surface area contributed by atoms with E-state index < -0.39 is 6.10 Å². The van der Waals surface area contributed by atoms with E-state index in [0.717, 1.165) is 25.2 Å². The molecule has 1 aliphatic carbocycles. The smallest absolute Gasteiger partial charge is 0.126 e. The van der Waals surface area contributed by atoms with E-state index in [1.165, 1.54) is 12.1 Å². The first-order chi connectivity index (χ1) is 9.00. The van der Waals surface area contributed by atoms with Gasteiger partial charge in [-0.3, -0.25) is 0 Å². The fourth-order valence-corrected chi connectivity index (χ4v) is 3.70. The van der Waals surface area contributed by atoms with Crippen molar-refractivity contribution in [3.63, 3.8) is 0 Å². The maximum Gasteiger partial charge on any atom is 0.126 e. The molecule has 104 valence electrons. The monoisotopic (exact) mass is 264 g/mol. The summed E-state index contributed by atoms with van der Waals surface area (Å²) in [7, 11) is 0. The third-order valence-electron chi connectivity index (χ3n) is 4.90. The van der Waals surface area contributed by atoms with E-state index in [2.05, 4.69) is 13.8 Å². The van der Waals surface area contributed by atoms with Crippen LogP contribution >= 0.6 is 0 Å². The molecule has 1 saturated carbocycles. The second-order valence-electron chi connectivity index (χ2n) is 6.35. The van der Waals surface area contributed by atoms with Crippen LogP contribution in [0.5, 0.6) is 5.75 Å². The zero-order valence-corrected chi connectivity index (χ0v) is 11.5. The molecule has 1 heterocycles. The highest BCUT2D eigenvalue weighted by Gasteiger charge is 2.47. The Morgan fingerprint density at radius 3 is 2.89 bits per heavy atom. The van der Waals surface area contributed by atoms with Gasteiger partial charge in [0.1, 0.15) is 17.2 Å². The van der Waals surface area contributed by atoms with Crippen LogP contribution in [0.1, 0.15) is 51.2 Å². The van der Waals surface area contributed by atoms with Crippen LogP contribution in [0.15, 0.2) is 18.2 Å². The minimum absolute atomic E-state index is 0.267. The van der Waals surface area contributed by atoms with Crippen molar-refractivity contribution < 1.29 is 14.2 Å². The molecule has 1 spiro atoms. The zero-order chi connectivity index (χ0) is 13.6. The number of rotatable bonds is 0. The molecule has 4 atom stereocenters. The van der Waals surface area contributed by atoms with Crippen molar-refractivity contribution in [3.05, 3.63) is 29.6 Å². The summed E-state index contributed by atoms with van der Waals surface area (Å²) in [5.41, 5.74) is 0.327. The Morgan fingerprint density at radius 1 is 1.37 bits per heavy atom. The van der Waals surface area contributed by atoms with Crippen LogP contribution in [0.3, 0.4) is 0 Å². The number of aliphatic hydroxyl groups is 1. The Hall–Kier alpha value is -1.09. The van der Waals surface area contributed by atoms with Gasteiger partial charge in [0.05, 0.1) is 6.10 Å². The van der Waals surface area contributed by atoms with Crippen molar-refractivity contribution in [2.45, 2.75) is 51.2 Å². The largest absolute Gasteiger partial charge is 0.487 e. The number of aliphatic hydroxyl groups excluding tert-OH is 1. The van der Waals surface area contributed by atoms with E-state index in [4.69, 9.17) is 4.74 Å². The van der Waals surface area contributed by atoms with Crippen LogP contribution in [-0.2, 0) is 0 Å². The van der Waals surface area contributed by atoms with Crippen molar-refractivity contribution in [2.24, 2.45) is 11.8 Å². The van der Waals surface area contributed by atoms with Gasteiger partial charge < -0.3 is 9.84 Å². The number of ether oxygens (including phenoxy) is 1. The third-order valence-corrected chi connectivity index (χ3v) is 4.90. The quantitative estimate of drug-likeness (QED) is 0.771. The SMILES string of the molecule is CC1CCC2(CC(O)c3cc(F)ccc3O2)C(C)C1. The zero-order valence-electron chi connectivity index (χ0n) is 11.5. The summed E-state index contributed by atoms with van der Waals surface area (Å²) in [5.74, 6) is 1.48. The van der Waals surface area contributed by atoms with E-state index >= 15 is 0 Å². The summed E-state index contributed by atoms with van der Waals surface area (Å²) in [6, 6.07) is 4.45. The molecule has 2 nitrogen and oxygen atoms in total. The molecule has 0 bridgehead atoms. The van der Waals surface area contributed by atoms with Gasteiger partial charge in [-0.15, -0.1) is 0 Å². The lowest BCUT2D eigenvalue weighted by molar-refractivity contribution is -0.0803. The summed E-state index contributed by atoms with van der Waals surface area (Å²) in [6.07, 6.45) is 3.20. The minimum atomic E-state index is -0.615. The molecule has 1 aromatic rings. The second-order valence-corrected chi connectivity index (χ2v) is 6.35. The number of benzene rings is 1. The first-order valence-corrected chi connectivity index (χ1v) is 7.17. The second kappa shape index (κ2) is 4.48. The van der Waals surface area contributed by atoms with Gasteiger partial charge >= 0.3 is 0 Å². The van der Waals surface area contributed by atoms with Crippen molar-refractivity contribution in [2.75, 3.05) is 0 Å². The first-order valence-electron chi connectivity index (χ1n) is 7.17. The summed E-state index contributed by atoms with van der Waals surface area (Å²) >= 11 is 0. The number of hydrogen-bond acceptors (Lipinski definition) is 2. The van der Waals surface area contributed by atoms with E-state index in [1.54, 1.807) is 6.07 Å². The number of hydrogen-bond donors (Lipinski definition) is 1. The van der Waals surface area contributed by atoms with Gasteiger partial charge in [-0.05, 0) is 49.3 Å². The molecule has 2 aliphatic rings. The van der Waals surface area contributed by atoms with Gasteiger partial charge in [-0.1, -0.05) is 13.8 Å². The average Bonchev–Trinajstić information content (AvgIpc) is 2.36. The maximum absolute atomic E-state index is 13.3. The summed E-state index contributed by atoms with van der Waals surface area (Å²) < 4.78 is 19.5. The van der Waals surface area contributed by atoms with Crippen LogP contribution in [0, 0.1) is 17.7 Å². The molecule has 1 aromatic carbocycles. The summed E-state index contributed by atoms with van der Waals surface area (Å²) in [4.78, 5) is 0. The highest BCUT2D eigenvalue weighted by Crippen LogP contribution is 2.49. The standard InChI is InChI=1S/C16H21FO2/c1-10-5-6-16(11(2)7-10)9-14(18)13-8-12(17)3-4-15(13)19-16/h3-4,8,10-11,14,18H,5-7,9H2,1-2H3. The Labute approximate surface area is 113 Å². The first kappa shape index (κ1) is 12.9. The van der Waals surface area contributed by atoms with Crippen molar-refractivity contribution in [1.82, 2.24) is 0 Å². The molecule has 1 aliphatic heterocycles. The Balaban J connectivity index is 1.94. The number of halogens is 1. The predicted octanol–water partition coefficient (Wildman–Crippen LogP) is 3.84. The van der Waals surface area contributed by atoms with Crippen LogP contribution in [-0.4, -0.2) is 10.7 Å². The molecule has 0 saturated heterocycles. The van der Waals surface area contributed by atoms with E-state index in [9.17, 15) is 9.50 Å². The topological polar surface area (TPSA) is 29.5 Å². The number of fused-ring (bicyclic) bond motifs is 1. The summed E-state index contributed by atoms with van der Waals surface area (Å²) in [5, 5.41) is 10.3. The van der Waals surface area contributed by atoms with E-state index in [-0.39, 0.29) is 11.4 Å². The molecule has 1 N–H and O–H groups in total. The Kier molecular flexibility index (Phi) is 3.05. The van der Waals surface area contributed by atoms with Gasteiger partial charge in [-0.2, -0.15) is 0 Å². The molecule has 19 heavy (non-hydrogen) atoms. The van der Waals surface area contributed by atoms with Crippen LogP contribution in [0.4, 0.5) is 4.39 Å². The normalized spacial score (nSPS) is 37.8. The van der Waals surface area contributed by atoms with Gasteiger partial charge in [0.15, 0.2) is 0 Å². The lowest BCUT2D eigenvalue weighted by Gasteiger charge is -2.48. The minimum Gasteiger partial charge on any atom is -0.487 e. The van der Waals surface area contributed by atoms with Gasteiger partial charge in [0, 0.05) is 12.0 Å². The fraction of sp³-hybridized carbons (Fsp3) is 0.625. The molecule has 1 fully saturated rings. The van der Waals surface area contributed by atoms with E-state index in [0.29, 0.717) is 23.7 Å². The fourth-order valence-electron chi connectivity index (χ4n) is 3.70. The molecule has 0 amide bonds. The lowest BCUT2D eigenvalue weighted by atomic mass is 9.68. The molecule has 3 rings (SSSR count). The van der Waals surface area contributed by atoms with Gasteiger partial charge in [0.2, 0.25) is 0 Å². The maximum atomic E-state index is 13.3. The Bertz CT molecular complexity index is 488. The van der Waals surface area contributed by atoms with Crippen LogP contribution in [0.2, 0.25) is 0 Å². The third kappa shape index (κ3) is 2.14. The Morgan fingerprint density at radius 2 is 2.16 bits per heavy atom. The highest BCUT2D eigenvalue weighted by molar-refractivity contribution is 5.38. The van der Waals surface area contributed by atoms with E-state index in [1.807, 2.05) is 0 Å².